The predicted molar refractivity (Wildman–Crippen MR) is 119 cm³/mol. The van der Waals surface area contributed by atoms with Crippen molar-refractivity contribution in [2.24, 2.45) is 5.16 Å². The van der Waals surface area contributed by atoms with Crippen molar-refractivity contribution in [1.82, 2.24) is 19.9 Å². The van der Waals surface area contributed by atoms with Gasteiger partial charge in [0.1, 0.15) is 18.1 Å². The molecule has 5 aromatic rings. The standard InChI is InChI=1S/C25H17N5O/c1-2-7-18-17(6-1)23-19(24(18)30-31-15-16-5-4-11-26-13-16)8-3-9-20(23)25-28-21-10-12-27-14-22(21)29-25/h1-14H,15H2,(H,28,29). The Labute approximate surface area is 178 Å². The van der Waals surface area contributed by atoms with E-state index in [9.17, 15) is 0 Å². The van der Waals surface area contributed by atoms with Crippen LogP contribution in [0.5, 0.6) is 0 Å². The first-order valence-electron chi connectivity index (χ1n) is 10.0. The predicted octanol–water partition coefficient (Wildman–Crippen LogP) is 4.97. The molecular formula is C25H17N5O. The molecule has 0 aliphatic heterocycles. The highest BCUT2D eigenvalue weighted by Crippen LogP contribution is 2.42. The average Bonchev–Trinajstić information content (AvgIpc) is 3.40. The number of H-pyrrole nitrogens is 1. The lowest BCUT2D eigenvalue weighted by Gasteiger charge is -2.07. The van der Waals surface area contributed by atoms with Gasteiger partial charge in [-0.15, -0.1) is 0 Å². The highest BCUT2D eigenvalue weighted by molar-refractivity contribution is 6.26. The number of pyridine rings is 2. The monoisotopic (exact) mass is 403 g/mol. The number of rotatable bonds is 4. The Morgan fingerprint density at radius 2 is 1.61 bits per heavy atom. The van der Waals surface area contributed by atoms with E-state index in [0.717, 1.165) is 56.0 Å². The van der Waals surface area contributed by atoms with E-state index >= 15 is 0 Å². The van der Waals surface area contributed by atoms with E-state index < -0.39 is 0 Å². The maximum Gasteiger partial charge on any atom is 0.143 e. The molecule has 1 N–H and O–H groups in total. The largest absolute Gasteiger partial charge is 0.390 e. The van der Waals surface area contributed by atoms with E-state index in [-0.39, 0.29) is 0 Å². The maximum absolute atomic E-state index is 5.73. The third-order valence-electron chi connectivity index (χ3n) is 5.42. The molecule has 0 amide bonds. The minimum Gasteiger partial charge on any atom is -0.390 e. The number of nitrogens with zero attached hydrogens (tertiary/aromatic N) is 4. The number of benzene rings is 2. The molecule has 1 aliphatic carbocycles. The second-order valence-corrected chi connectivity index (χ2v) is 7.33. The number of aromatic amines is 1. The van der Waals surface area contributed by atoms with Gasteiger partial charge in [0.15, 0.2) is 0 Å². The van der Waals surface area contributed by atoms with Gasteiger partial charge in [0.05, 0.1) is 17.2 Å². The highest BCUT2D eigenvalue weighted by Gasteiger charge is 2.28. The molecule has 0 atom stereocenters. The Balaban J connectivity index is 1.46. The average molecular weight is 403 g/mol. The van der Waals surface area contributed by atoms with Gasteiger partial charge in [0, 0.05) is 46.4 Å². The fraction of sp³-hybridized carbons (Fsp3) is 0.0400. The Kier molecular flexibility index (Phi) is 4.06. The van der Waals surface area contributed by atoms with E-state index in [1.807, 2.05) is 36.4 Å². The van der Waals surface area contributed by atoms with E-state index in [1.54, 1.807) is 24.8 Å². The molecule has 3 aromatic heterocycles. The van der Waals surface area contributed by atoms with Crippen LogP contribution in [-0.2, 0) is 11.4 Å². The Morgan fingerprint density at radius 3 is 2.48 bits per heavy atom. The highest BCUT2D eigenvalue weighted by atomic mass is 16.6. The molecule has 0 spiro atoms. The lowest BCUT2D eigenvalue weighted by Crippen LogP contribution is -2.00. The summed E-state index contributed by atoms with van der Waals surface area (Å²) in [6.07, 6.45) is 7.07. The van der Waals surface area contributed by atoms with Crippen LogP contribution in [0.2, 0.25) is 0 Å². The van der Waals surface area contributed by atoms with Crippen molar-refractivity contribution in [3.05, 3.63) is 102 Å². The minimum atomic E-state index is 0.366. The zero-order chi connectivity index (χ0) is 20.6. The van der Waals surface area contributed by atoms with Crippen LogP contribution in [0.3, 0.4) is 0 Å². The lowest BCUT2D eigenvalue weighted by molar-refractivity contribution is 0.130. The van der Waals surface area contributed by atoms with Crippen molar-refractivity contribution in [1.29, 1.82) is 0 Å². The molecule has 0 saturated carbocycles. The normalized spacial score (nSPS) is 13.4. The van der Waals surface area contributed by atoms with Gasteiger partial charge in [-0.3, -0.25) is 9.97 Å². The molecule has 2 aromatic carbocycles. The van der Waals surface area contributed by atoms with E-state index in [1.165, 1.54) is 0 Å². The van der Waals surface area contributed by atoms with Crippen LogP contribution in [-0.4, -0.2) is 25.6 Å². The van der Waals surface area contributed by atoms with Crippen molar-refractivity contribution in [2.75, 3.05) is 0 Å². The first-order chi connectivity index (χ1) is 15.4. The number of aromatic nitrogens is 4. The Morgan fingerprint density at radius 1 is 0.774 bits per heavy atom. The molecule has 3 heterocycles. The molecule has 0 fully saturated rings. The number of oxime groups is 1. The molecule has 6 nitrogen and oxygen atoms in total. The molecule has 0 bridgehead atoms. The summed E-state index contributed by atoms with van der Waals surface area (Å²) in [7, 11) is 0. The number of fused-ring (bicyclic) bond motifs is 4. The molecule has 6 heteroatoms. The Hall–Kier alpha value is -4.32. The lowest BCUT2D eigenvalue weighted by atomic mass is 9.99. The van der Waals surface area contributed by atoms with Gasteiger partial charge in [0.2, 0.25) is 0 Å². The van der Waals surface area contributed by atoms with E-state index in [2.05, 4.69) is 44.4 Å². The van der Waals surface area contributed by atoms with Crippen molar-refractivity contribution in [2.45, 2.75) is 6.61 Å². The van der Waals surface area contributed by atoms with Crippen molar-refractivity contribution in [3.8, 4) is 22.5 Å². The molecule has 1 aliphatic rings. The smallest absolute Gasteiger partial charge is 0.143 e. The fourth-order valence-electron chi connectivity index (χ4n) is 4.03. The summed E-state index contributed by atoms with van der Waals surface area (Å²) < 4.78 is 0. The van der Waals surface area contributed by atoms with Crippen molar-refractivity contribution >= 4 is 16.7 Å². The number of nitrogens with one attached hydrogen (secondary N) is 1. The molecular weight excluding hydrogens is 386 g/mol. The van der Waals surface area contributed by atoms with Crippen LogP contribution in [0, 0.1) is 0 Å². The fourth-order valence-corrected chi connectivity index (χ4v) is 4.03. The van der Waals surface area contributed by atoms with Gasteiger partial charge in [-0.25, -0.2) is 4.98 Å². The molecule has 0 unspecified atom stereocenters. The first-order valence-corrected chi connectivity index (χ1v) is 10.0. The molecule has 31 heavy (non-hydrogen) atoms. The van der Waals surface area contributed by atoms with Crippen molar-refractivity contribution < 1.29 is 4.84 Å². The van der Waals surface area contributed by atoms with Crippen LogP contribution in [0.25, 0.3) is 33.5 Å². The zero-order valence-electron chi connectivity index (χ0n) is 16.5. The number of imidazole rings is 1. The van der Waals surface area contributed by atoms with E-state index in [4.69, 9.17) is 9.82 Å². The summed E-state index contributed by atoms with van der Waals surface area (Å²) in [4.78, 5) is 22.2. The first kappa shape index (κ1) is 17.5. The molecule has 0 radical (unpaired) electrons. The van der Waals surface area contributed by atoms with Gasteiger partial charge in [-0.1, -0.05) is 53.7 Å². The van der Waals surface area contributed by atoms with Crippen LogP contribution >= 0.6 is 0 Å². The minimum absolute atomic E-state index is 0.366. The van der Waals surface area contributed by atoms with Gasteiger partial charge < -0.3 is 9.82 Å². The summed E-state index contributed by atoms with van der Waals surface area (Å²) in [6, 6.07) is 20.2. The molecule has 6 rings (SSSR count). The quantitative estimate of drug-likeness (QED) is 0.422. The van der Waals surface area contributed by atoms with Crippen LogP contribution < -0.4 is 0 Å². The number of hydrogen-bond acceptors (Lipinski definition) is 5. The SMILES string of the molecule is c1cncc(CON=C2c3ccccc3-c3c2cccc3-c2nc3ccncc3[nH]2)c1. The van der Waals surface area contributed by atoms with Gasteiger partial charge >= 0.3 is 0 Å². The topological polar surface area (TPSA) is 76.1 Å². The summed E-state index contributed by atoms with van der Waals surface area (Å²) in [6.45, 7) is 0.366. The third-order valence-corrected chi connectivity index (χ3v) is 5.42. The van der Waals surface area contributed by atoms with Crippen LogP contribution in [0.15, 0.2) is 90.6 Å². The molecule has 148 valence electrons. The summed E-state index contributed by atoms with van der Waals surface area (Å²) in [5, 5.41) is 4.53. The Bertz CT molecular complexity index is 1410. The van der Waals surface area contributed by atoms with Gasteiger partial charge in [0.25, 0.3) is 0 Å². The maximum atomic E-state index is 5.73. The van der Waals surface area contributed by atoms with Crippen LogP contribution in [0.4, 0.5) is 0 Å². The van der Waals surface area contributed by atoms with Crippen LogP contribution in [0.1, 0.15) is 16.7 Å². The summed E-state index contributed by atoms with van der Waals surface area (Å²) in [5.74, 6) is 0.812. The zero-order valence-corrected chi connectivity index (χ0v) is 16.5. The van der Waals surface area contributed by atoms with Crippen molar-refractivity contribution in [3.63, 3.8) is 0 Å². The second kappa shape index (κ2) is 7.18. The van der Waals surface area contributed by atoms with Gasteiger partial charge in [-0.05, 0) is 17.7 Å². The van der Waals surface area contributed by atoms with Gasteiger partial charge in [-0.2, -0.15) is 0 Å². The number of hydrogen-bond donors (Lipinski definition) is 1. The molecule has 0 saturated heterocycles. The summed E-state index contributed by atoms with van der Waals surface area (Å²) >= 11 is 0. The second-order valence-electron chi connectivity index (χ2n) is 7.33. The third kappa shape index (κ3) is 2.97. The summed E-state index contributed by atoms with van der Waals surface area (Å²) in [5.41, 5.74) is 8.94. The van der Waals surface area contributed by atoms with E-state index in [0.29, 0.717) is 6.61 Å².